The molecule has 0 heterocycles. The summed E-state index contributed by atoms with van der Waals surface area (Å²) >= 11 is 1.76. The highest BCUT2D eigenvalue weighted by atomic mass is 32.2. The third-order valence-electron chi connectivity index (χ3n) is 1.71. The van der Waals surface area contributed by atoms with Gasteiger partial charge in [0.15, 0.2) is 0 Å². The zero-order valence-corrected chi connectivity index (χ0v) is 10.4. The van der Waals surface area contributed by atoms with Gasteiger partial charge in [-0.3, -0.25) is 4.79 Å². The van der Waals surface area contributed by atoms with Crippen LogP contribution in [0.5, 0.6) is 0 Å². The molecule has 3 nitrogen and oxygen atoms in total. The number of hydrogen-bond acceptors (Lipinski definition) is 3. The molecule has 0 spiro atoms. The van der Waals surface area contributed by atoms with Crippen molar-refractivity contribution in [3.8, 4) is 0 Å². The second kappa shape index (κ2) is 6.30. The van der Waals surface area contributed by atoms with Gasteiger partial charge in [0.05, 0.1) is 5.60 Å². The number of nitrogens with zero attached hydrogens (tertiary/aromatic N) is 1. The van der Waals surface area contributed by atoms with Crippen molar-refractivity contribution in [1.82, 2.24) is 4.90 Å². The Morgan fingerprint density at radius 3 is 2.50 bits per heavy atom. The SMILES string of the molecule is CCSCCC(=O)N(C)CC(C)(C)O. The summed E-state index contributed by atoms with van der Waals surface area (Å²) in [4.78, 5) is 13.1. The Labute approximate surface area is 90.9 Å². The first-order valence-electron chi connectivity index (χ1n) is 4.91. The fourth-order valence-corrected chi connectivity index (χ4v) is 1.77. The Kier molecular flexibility index (Phi) is 6.20. The number of aliphatic hydroxyl groups is 1. The molecule has 0 fully saturated rings. The lowest BCUT2D eigenvalue weighted by atomic mass is 10.1. The molecule has 84 valence electrons. The summed E-state index contributed by atoms with van der Waals surface area (Å²) in [6, 6.07) is 0. The topological polar surface area (TPSA) is 40.5 Å². The largest absolute Gasteiger partial charge is 0.389 e. The van der Waals surface area contributed by atoms with Gasteiger partial charge in [0.25, 0.3) is 0 Å². The van der Waals surface area contributed by atoms with E-state index >= 15 is 0 Å². The maximum Gasteiger partial charge on any atom is 0.223 e. The molecular weight excluding hydrogens is 198 g/mol. The van der Waals surface area contributed by atoms with Crippen molar-refractivity contribution in [2.75, 3.05) is 25.1 Å². The predicted octanol–water partition coefficient (Wildman–Crippen LogP) is 1.36. The normalized spacial score (nSPS) is 11.5. The lowest BCUT2D eigenvalue weighted by molar-refractivity contribution is -0.132. The molecule has 0 rings (SSSR count). The maximum atomic E-state index is 11.5. The third-order valence-corrected chi connectivity index (χ3v) is 2.62. The van der Waals surface area contributed by atoms with Crippen LogP contribution in [0.3, 0.4) is 0 Å². The van der Waals surface area contributed by atoms with Crippen molar-refractivity contribution in [3.63, 3.8) is 0 Å². The molecule has 0 saturated heterocycles. The second-order valence-electron chi connectivity index (χ2n) is 4.01. The quantitative estimate of drug-likeness (QED) is 0.686. The Bertz CT molecular complexity index is 177. The van der Waals surface area contributed by atoms with E-state index in [2.05, 4.69) is 6.92 Å². The fourth-order valence-electron chi connectivity index (χ4n) is 1.16. The highest BCUT2D eigenvalue weighted by Crippen LogP contribution is 2.07. The van der Waals surface area contributed by atoms with Gasteiger partial charge in [-0.05, 0) is 19.6 Å². The van der Waals surface area contributed by atoms with Gasteiger partial charge in [0, 0.05) is 25.8 Å². The van der Waals surface area contributed by atoms with E-state index in [4.69, 9.17) is 0 Å². The third kappa shape index (κ3) is 7.21. The minimum absolute atomic E-state index is 0.105. The van der Waals surface area contributed by atoms with Gasteiger partial charge >= 0.3 is 0 Å². The van der Waals surface area contributed by atoms with Crippen molar-refractivity contribution in [3.05, 3.63) is 0 Å². The molecule has 0 aromatic carbocycles. The average molecular weight is 219 g/mol. The molecule has 0 aromatic rings. The van der Waals surface area contributed by atoms with Gasteiger partial charge in [-0.25, -0.2) is 0 Å². The van der Waals surface area contributed by atoms with E-state index in [1.165, 1.54) is 0 Å². The van der Waals surface area contributed by atoms with Crippen LogP contribution in [0, 0.1) is 0 Å². The predicted molar refractivity (Wildman–Crippen MR) is 61.6 cm³/mol. The summed E-state index contributed by atoms with van der Waals surface area (Å²) in [7, 11) is 1.73. The summed E-state index contributed by atoms with van der Waals surface area (Å²) in [6.07, 6.45) is 0.561. The van der Waals surface area contributed by atoms with E-state index in [9.17, 15) is 9.90 Å². The molecule has 0 aromatic heterocycles. The van der Waals surface area contributed by atoms with Crippen LogP contribution < -0.4 is 0 Å². The zero-order chi connectivity index (χ0) is 11.2. The first kappa shape index (κ1) is 13.8. The summed E-state index contributed by atoms with van der Waals surface area (Å²) < 4.78 is 0. The van der Waals surface area contributed by atoms with Crippen LogP contribution in [-0.2, 0) is 4.79 Å². The number of thioether (sulfide) groups is 1. The van der Waals surface area contributed by atoms with Gasteiger partial charge < -0.3 is 10.0 Å². The van der Waals surface area contributed by atoms with Crippen LogP contribution in [0.2, 0.25) is 0 Å². The maximum absolute atomic E-state index is 11.5. The lowest BCUT2D eigenvalue weighted by Gasteiger charge is -2.25. The van der Waals surface area contributed by atoms with Crippen LogP contribution in [0.15, 0.2) is 0 Å². The summed E-state index contributed by atoms with van der Waals surface area (Å²) in [5.74, 6) is 2.02. The lowest BCUT2D eigenvalue weighted by Crippen LogP contribution is -2.39. The summed E-state index contributed by atoms with van der Waals surface area (Å²) in [5, 5.41) is 9.51. The number of rotatable bonds is 6. The minimum Gasteiger partial charge on any atom is -0.389 e. The Morgan fingerprint density at radius 2 is 2.07 bits per heavy atom. The van der Waals surface area contributed by atoms with Gasteiger partial charge in [0.2, 0.25) is 5.91 Å². The molecule has 0 aliphatic rings. The van der Waals surface area contributed by atoms with Crippen molar-refractivity contribution in [1.29, 1.82) is 0 Å². The zero-order valence-electron chi connectivity index (χ0n) is 9.54. The number of amides is 1. The molecule has 0 radical (unpaired) electrons. The van der Waals surface area contributed by atoms with E-state index in [-0.39, 0.29) is 5.91 Å². The minimum atomic E-state index is -0.803. The van der Waals surface area contributed by atoms with Gasteiger partial charge in [-0.15, -0.1) is 0 Å². The molecule has 1 N–H and O–H groups in total. The Balaban J connectivity index is 3.77. The molecular formula is C10H21NO2S. The van der Waals surface area contributed by atoms with E-state index in [1.54, 1.807) is 37.6 Å². The van der Waals surface area contributed by atoms with Gasteiger partial charge in [-0.1, -0.05) is 6.92 Å². The molecule has 1 amide bonds. The summed E-state index contributed by atoms with van der Waals surface area (Å²) in [6.45, 7) is 5.88. The van der Waals surface area contributed by atoms with E-state index in [0.717, 1.165) is 11.5 Å². The van der Waals surface area contributed by atoms with Gasteiger partial charge in [-0.2, -0.15) is 11.8 Å². The van der Waals surface area contributed by atoms with Crippen LogP contribution in [0.4, 0.5) is 0 Å². The van der Waals surface area contributed by atoms with Crippen LogP contribution in [0.25, 0.3) is 0 Å². The molecule has 0 aliphatic heterocycles. The van der Waals surface area contributed by atoms with Gasteiger partial charge in [0.1, 0.15) is 0 Å². The monoisotopic (exact) mass is 219 g/mol. The number of carbonyl (C=O) groups excluding carboxylic acids is 1. The highest BCUT2D eigenvalue weighted by molar-refractivity contribution is 7.99. The standard InChI is InChI=1S/C10H21NO2S/c1-5-14-7-6-9(12)11(4)8-10(2,3)13/h13H,5-8H2,1-4H3. The number of carbonyl (C=O) groups is 1. The number of hydrogen-bond donors (Lipinski definition) is 1. The molecule has 0 aliphatic carbocycles. The molecule has 0 unspecified atom stereocenters. The Morgan fingerprint density at radius 1 is 1.50 bits per heavy atom. The van der Waals surface area contributed by atoms with E-state index < -0.39 is 5.60 Å². The Hall–Kier alpha value is -0.220. The van der Waals surface area contributed by atoms with Crippen LogP contribution in [0.1, 0.15) is 27.2 Å². The highest BCUT2D eigenvalue weighted by Gasteiger charge is 2.18. The van der Waals surface area contributed by atoms with Crippen molar-refractivity contribution in [2.45, 2.75) is 32.8 Å². The van der Waals surface area contributed by atoms with E-state index in [1.807, 2.05) is 0 Å². The first-order chi connectivity index (χ1) is 6.37. The molecule has 0 atom stereocenters. The van der Waals surface area contributed by atoms with Crippen LogP contribution >= 0.6 is 11.8 Å². The second-order valence-corrected chi connectivity index (χ2v) is 5.40. The number of likely N-dealkylation sites (N-methyl/N-ethyl adjacent to an activating group) is 1. The molecule has 14 heavy (non-hydrogen) atoms. The average Bonchev–Trinajstić information content (AvgIpc) is 2.01. The summed E-state index contributed by atoms with van der Waals surface area (Å²) in [5.41, 5.74) is -0.803. The van der Waals surface area contributed by atoms with Crippen molar-refractivity contribution in [2.24, 2.45) is 0 Å². The smallest absolute Gasteiger partial charge is 0.223 e. The molecule has 4 heteroatoms. The fraction of sp³-hybridized carbons (Fsp3) is 0.900. The van der Waals surface area contributed by atoms with Crippen molar-refractivity contribution < 1.29 is 9.90 Å². The van der Waals surface area contributed by atoms with Crippen molar-refractivity contribution >= 4 is 17.7 Å². The van der Waals surface area contributed by atoms with Crippen LogP contribution in [-0.4, -0.2) is 46.6 Å². The molecule has 0 bridgehead atoms. The van der Waals surface area contributed by atoms with E-state index in [0.29, 0.717) is 13.0 Å². The molecule has 0 saturated carbocycles. The first-order valence-corrected chi connectivity index (χ1v) is 6.06.